The fraction of sp³-hybridized carbons (Fsp3) is 0.500. The van der Waals surface area contributed by atoms with Gasteiger partial charge in [-0.2, -0.15) is 0 Å². The van der Waals surface area contributed by atoms with Crippen molar-refractivity contribution in [3.63, 3.8) is 0 Å². The first-order valence-corrected chi connectivity index (χ1v) is 12.8. The Kier molecular flexibility index (Phi) is 6.37. The predicted molar refractivity (Wildman–Crippen MR) is 116 cm³/mol. The van der Waals surface area contributed by atoms with Gasteiger partial charge in [0.1, 0.15) is 4.21 Å². The Balaban J connectivity index is 1.32. The SMILES string of the molecule is O=C(c1ccc(C2CCCCC2)cc1)N1CCC(NS(=O)(=O)c2cccs2)CC1. The van der Waals surface area contributed by atoms with Crippen LogP contribution in [0.5, 0.6) is 0 Å². The van der Waals surface area contributed by atoms with Crippen LogP contribution < -0.4 is 4.72 Å². The standard InChI is InChI=1S/C22H28N2O3S2/c25-22(19-10-8-18(9-11-19)17-5-2-1-3-6-17)24-14-12-20(13-15-24)23-29(26,27)21-7-4-16-28-21/h4,7-11,16-17,20,23H,1-3,5-6,12-15H2. The summed E-state index contributed by atoms with van der Waals surface area (Å²) in [6.45, 7) is 1.14. The van der Waals surface area contributed by atoms with Gasteiger partial charge in [-0.3, -0.25) is 4.79 Å². The maximum absolute atomic E-state index is 12.9. The molecule has 2 heterocycles. The molecule has 0 bridgehead atoms. The van der Waals surface area contributed by atoms with E-state index in [4.69, 9.17) is 0 Å². The van der Waals surface area contributed by atoms with Crippen LogP contribution in [-0.4, -0.2) is 38.4 Å². The molecule has 2 aromatic rings. The molecule has 1 aromatic heterocycles. The summed E-state index contributed by atoms with van der Waals surface area (Å²) in [5.74, 6) is 0.680. The largest absolute Gasteiger partial charge is 0.339 e. The number of thiophene rings is 1. The van der Waals surface area contributed by atoms with Gasteiger partial charge < -0.3 is 4.90 Å². The zero-order valence-electron chi connectivity index (χ0n) is 16.5. The molecule has 1 amide bonds. The maximum Gasteiger partial charge on any atom is 0.253 e. The summed E-state index contributed by atoms with van der Waals surface area (Å²) in [6, 6.07) is 11.4. The smallest absolute Gasteiger partial charge is 0.253 e. The third-order valence-corrected chi connectivity index (χ3v) is 9.02. The van der Waals surface area contributed by atoms with Crippen molar-refractivity contribution < 1.29 is 13.2 Å². The molecule has 1 aliphatic carbocycles. The van der Waals surface area contributed by atoms with Gasteiger partial charge in [-0.15, -0.1) is 11.3 Å². The normalized spacial score (nSPS) is 19.4. The Labute approximate surface area is 177 Å². The number of carbonyl (C=O) groups excluding carboxylic acids is 1. The molecule has 29 heavy (non-hydrogen) atoms. The van der Waals surface area contributed by atoms with Crippen LogP contribution in [-0.2, 0) is 10.0 Å². The van der Waals surface area contributed by atoms with Crippen LogP contribution in [0.2, 0.25) is 0 Å². The fourth-order valence-corrected chi connectivity index (χ4v) is 6.73. The fourth-order valence-electron chi connectivity index (χ4n) is 4.41. The second-order valence-electron chi connectivity index (χ2n) is 8.08. The Morgan fingerprint density at radius 2 is 1.66 bits per heavy atom. The van der Waals surface area contributed by atoms with E-state index in [0.29, 0.717) is 36.1 Å². The van der Waals surface area contributed by atoms with Crippen LogP contribution in [0.25, 0.3) is 0 Å². The van der Waals surface area contributed by atoms with E-state index in [0.717, 1.165) is 5.56 Å². The summed E-state index contributed by atoms with van der Waals surface area (Å²) in [7, 11) is -3.46. The quantitative estimate of drug-likeness (QED) is 0.762. The number of amides is 1. The minimum absolute atomic E-state index is 0.0414. The third-order valence-electron chi connectivity index (χ3n) is 6.10. The number of carbonyl (C=O) groups is 1. The molecule has 156 valence electrons. The van der Waals surface area contributed by atoms with Gasteiger partial charge in [-0.1, -0.05) is 37.5 Å². The number of piperidine rings is 1. The van der Waals surface area contributed by atoms with Gasteiger partial charge in [0.15, 0.2) is 0 Å². The van der Waals surface area contributed by atoms with Crippen LogP contribution in [0.3, 0.4) is 0 Å². The van der Waals surface area contributed by atoms with Crippen LogP contribution in [0, 0.1) is 0 Å². The monoisotopic (exact) mass is 432 g/mol. The average Bonchev–Trinajstić information content (AvgIpc) is 3.30. The summed E-state index contributed by atoms with van der Waals surface area (Å²) in [4.78, 5) is 14.7. The highest BCUT2D eigenvalue weighted by molar-refractivity contribution is 7.91. The number of benzene rings is 1. The molecule has 0 unspecified atom stereocenters. The van der Waals surface area contributed by atoms with Crippen molar-refractivity contribution in [2.24, 2.45) is 0 Å². The Morgan fingerprint density at radius 1 is 0.966 bits per heavy atom. The van der Waals surface area contributed by atoms with E-state index in [1.54, 1.807) is 17.5 Å². The molecule has 1 aromatic carbocycles. The molecule has 2 aliphatic rings. The highest BCUT2D eigenvalue weighted by Gasteiger charge is 2.27. The Morgan fingerprint density at radius 3 is 2.28 bits per heavy atom. The number of rotatable bonds is 5. The van der Waals surface area contributed by atoms with Crippen molar-refractivity contribution in [3.05, 3.63) is 52.9 Å². The van der Waals surface area contributed by atoms with E-state index in [-0.39, 0.29) is 11.9 Å². The minimum atomic E-state index is -3.46. The summed E-state index contributed by atoms with van der Waals surface area (Å²) in [5.41, 5.74) is 2.07. The van der Waals surface area contributed by atoms with Crippen molar-refractivity contribution >= 4 is 27.3 Å². The molecule has 5 nitrogen and oxygen atoms in total. The number of nitrogens with zero attached hydrogens (tertiary/aromatic N) is 1. The highest BCUT2D eigenvalue weighted by atomic mass is 32.2. The van der Waals surface area contributed by atoms with Gasteiger partial charge in [0.05, 0.1) is 0 Å². The summed E-state index contributed by atoms with van der Waals surface area (Å²) >= 11 is 1.22. The molecule has 0 atom stereocenters. The van der Waals surface area contributed by atoms with Gasteiger partial charge in [-0.05, 0) is 60.7 Å². The Bertz CT molecular complexity index is 909. The lowest BCUT2D eigenvalue weighted by atomic mass is 9.84. The van der Waals surface area contributed by atoms with Crippen LogP contribution in [0.1, 0.15) is 66.8 Å². The van der Waals surface area contributed by atoms with Gasteiger partial charge in [0, 0.05) is 24.7 Å². The molecule has 7 heteroatoms. The van der Waals surface area contributed by atoms with Gasteiger partial charge >= 0.3 is 0 Å². The molecule has 4 rings (SSSR count). The number of sulfonamides is 1. The first-order valence-electron chi connectivity index (χ1n) is 10.5. The van der Waals surface area contributed by atoms with Crippen molar-refractivity contribution in [1.29, 1.82) is 0 Å². The lowest BCUT2D eigenvalue weighted by molar-refractivity contribution is 0.0711. The van der Waals surface area contributed by atoms with Crippen LogP contribution >= 0.6 is 11.3 Å². The van der Waals surface area contributed by atoms with Crippen molar-refractivity contribution in [2.75, 3.05) is 13.1 Å². The lowest BCUT2D eigenvalue weighted by Gasteiger charge is -2.32. The molecule has 2 fully saturated rings. The first-order chi connectivity index (χ1) is 14.0. The van der Waals surface area contributed by atoms with Crippen molar-refractivity contribution in [2.45, 2.75) is 61.1 Å². The van der Waals surface area contributed by atoms with E-state index < -0.39 is 10.0 Å². The summed E-state index contributed by atoms with van der Waals surface area (Å²) in [5, 5.41) is 1.76. The van der Waals surface area contributed by atoms with E-state index in [1.807, 2.05) is 17.0 Å². The van der Waals surface area contributed by atoms with E-state index in [9.17, 15) is 13.2 Å². The zero-order chi connectivity index (χ0) is 20.3. The maximum atomic E-state index is 12.9. The molecular weight excluding hydrogens is 404 g/mol. The highest BCUT2D eigenvalue weighted by Crippen LogP contribution is 2.32. The predicted octanol–water partition coefficient (Wildman–Crippen LogP) is 4.38. The van der Waals surface area contributed by atoms with Crippen molar-refractivity contribution in [1.82, 2.24) is 9.62 Å². The third kappa shape index (κ3) is 4.90. The second-order valence-corrected chi connectivity index (χ2v) is 11.0. The van der Waals surface area contributed by atoms with E-state index in [2.05, 4.69) is 16.9 Å². The van der Waals surface area contributed by atoms with Crippen LogP contribution in [0.4, 0.5) is 0 Å². The molecule has 1 aliphatic heterocycles. The number of nitrogens with one attached hydrogen (secondary N) is 1. The molecule has 0 radical (unpaired) electrons. The van der Waals surface area contributed by atoms with Crippen LogP contribution in [0.15, 0.2) is 46.0 Å². The van der Waals surface area contributed by atoms with E-state index >= 15 is 0 Å². The molecule has 1 N–H and O–H groups in total. The first kappa shape index (κ1) is 20.6. The second kappa shape index (κ2) is 8.98. The Hall–Kier alpha value is -1.70. The molecular formula is C22H28N2O3S2. The summed E-state index contributed by atoms with van der Waals surface area (Å²) in [6.07, 6.45) is 7.72. The summed E-state index contributed by atoms with van der Waals surface area (Å²) < 4.78 is 27.9. The zero-order valence-corrected chi connectivity index (χ0v) is 18.2. The number of likely N-dealkylation sites (tertiary alicyclic amines) is 1. The van der Waals surface area contributed by atoms with Gasteiger partial charge in [0.2, 0.25) is 10.0 Å². The van der Waals surface area contributed by atoms with E-state index in [1.165, 1.54) is 49.0 Å². The molecule has 1 saturated heterocycles. The number of hydrogen-bond acceptors (Lipinski definition) is 4. The van der Waals surface area contributed by atoms with Gasteiger partial charge in [0.25, 0.3) is 5.91 Å². The molecule has 0 spiro atoms. The van der Waals surface area contributed by atoms with Gasteiger partial charge in [-0.25, -0.2) is 13.1 Å². The topological polar surface area (TPSA) is 66.5 Å². The molecule has 1 saturated carbocycles. The lowest BCUT2D eigenvalue weighted by Crippen LogP contribution is -2.46. The number of hydrogen-bond donors (Lipinski definition) is 1. The minimum Gasteiger partial charge on any atom is -0.339 e. The average molecular weight is 433 g/mol. The van der Waals surface area contributed by atoms with Crippen molar-refractivity contribution in [3.8, 4) is 0 Å².